The molecule has 0 fully saturated rings. The number of aliphatic imine (C=N–C) groups is 1. The van der Waals surface area contributed by atoms with E-state index in [9.17, 15) is 4.79 Å². The minimum atomic E-state index is -0.222. The highest BCUT2D eigenvalue weighted by atomic mass is 32.1. The second-order valence-electron chi connectivity index (χ2n) is 6.19. The number of rotatable bonds is 2. The number of amides is 1. The molecule has 128 valence electrons. The summed E-state index contributed by atoms with van der Waals surface area (Å²) in [7, 11) is 1.67. The smallest absolute Gasteiger partial charge is 0.234 e. The maximum atomic E-state index is 12.4. The third-order valence-corrected chi connectivity index (χ3v) is 5.60. The molecule has 0 bridgehead atoms. The summed E-state index contributed by atoms with van der Waals surface area (Å²) >= 11 is 1.67. The van der Waals surface area contributed by atoms with E-state index < -0.39 is 0 Å². The number of nitrogens with two attached hydrogens (primary N) is 1. The Kier molecular flexibility index (Phi) is 4.65. The number of hydrogen-bond acceptors (Lipinski definition) is 4. The fraction of sp³-hybridized carbons (Fsp3) is 0.300. The van der Waals surface area contributed by atoms with Crippen molar-refractivity contribution in [1.29, 1.82) is 0 Å². The molecule has 0 spiro atoms. The van der Waals surface area contributed by atoms with Gasteiger partial charge in [-0.1, -0.05) is 25.0 Å². The predicted octanol–water partition coefficient (Wildman–Crippen LogP) is 3.56. The van der Waals surface area contributed by atoms with E-state index in [0.29, 0.717) is 0 Å². The molecule has 2 atom stereocenters. The van der Waals surface area contributed by atoms with Crippen molar-refractivity contribution >= 4 is 23.2 Å². The van der Waals surface area contributed by atoms with Crippen LogP contribution < -0.4 is 5.73 Å². The lowest BCUT2D eigenvalue weighted by molar-refractivity contribution is -0.131. The Morgan fingerprint density at radius 3 is 2.80 bits per heavy atom. The maximum Gasteiger partial charge on any atom is 0.234 e. The summed E-state index contributed by atoms with van der Waals surface area (Å²) in [6, 6.07) is 10.1. The lowest BCUT2D eigenvalue weighted by atomic mass is 9.96. The second-order valence-corrected chi connectivity index (χ2v) is 7.48. The lowest BCUT2D eigenvalue weighted by Crippen LogP contribution is -2.46. The van der Waals surface area contributed by atoms with Crippen molar-refractivity contribution in [3.63, 3.8) is 0 Å². The zero-order chi connectivity index (χ0) is 18.1. The third-order valence-electron chi connectivity index (χ3n) is 4.48. The Bertz CT molecular complexity index is 917. The van der Waals surface area contributed by atoms with Crippen LogP contribution in [0.4, 0.5) is 0 Å². The standard InChI is InChI=1S/C20H21N3OS/c1-5-7-14-8-6-9-15(10-14)16-11-17(25-13(16)3)18-12(2)19(24)23(4)20(21)22-18/h6,8-12,18H,1-4H3,(H2,21,22)/t12-,18+/m1/s1. The Morgan fingerprint density at radius 1 is 1.32 bits per heavy atom. The van der Waals surface area contributed by atoms with Gasteiger partial charge in [-0.2, -0.15) is 0 Å². The first-order chi connectivity index (χ1) is 11.9. The molecular formula is C20H21N3OS. The minimum Gasteiger partial charge on any atom is -0.369 e. The van der Waals surface area contributed by atoms with Gasteiger partial charge < -0.3 is 5.73 Å². The van der Waals surface area contributed by atoms with Crippen LogP contribution in [0, 0.1) is 24.7 Å². The summed E-state index contributed by atoms with van der Waals surface area (Å²) in [5.74, 6) is 6.09. The molecule has 1 aromatic heterocycles. The van der Waals surface area contributed by atoms with Crippen LogP contribution in [0.5, 0.6) is 0 Å². The van der Waals surface area contributed by atoms with Crippen molar-refractivity contribution < 1.29 is 4.79 Å². The molecule has 4 nitrogen and oxygen atoms in total. The third kappa shape index (κ3) is 3.18. The molecule has 1 aromatic carbocycles. The number of benzene rings is 1. The van der Waals surface area contributed by atoms with E-state index in [2.05, 4.69) is 42.0 Å². The molecule has 25 heavy (non-hydrogen) atoms. The Labute approximate surface area is 152 Å². The number of thiophene rings is 1. The highest BCUT2D eigenvalue weighted by Gasteiger charge is 2.34. The van der Waals surface area contributed by atoms with Gasteiger partial charge in [0.2, 0.25) is 5.91 Å². The van der Waals surface area contributed by atoms with Crippen molar-refractivity contribution in [1.82, 2.24) is 4.90 Å². The molecule has 2 heterocycles. The number of carbonyl (C=O) groups excluding carboxylic acids is 1. The van der Waals surface area contributed by atoms with E-state index in [4.69, 9.17) is 5.73 Å². The van der Waals surface area contributed by atoms with E-state index in [0.717, 1.165) is 21.6 Å². The molecular weight excluding hydrogens is 330 g/mol. The highest BCUT2D eigenvalue weighted by molar-refractivity contribution is 7.12. The van der Waals surface area contributed by atoms with Gasteiger partial charge in [-0.25, -0.2) is 4.99 Å². The average Bonchev–Trinajstić information content (AvgIpc) is 2.98. The minimum absolute atomic E-state index is 0.00493. The molecule has 2 N–H and O–H groups in total. The molecule has 1 amide bonds. The Morgan fingerprint density at radius 2 is 2.08 bits per heavy atom. The summed E-state index contributed by atoms with van der Waals surface area (Å²) < 4.78 is 0. The molecule has 0 unspecified atom stereocenters. The predicted molar refractivity (Wildman–Crippen MR) is 103 cm³/mol. The Balaban J connectivity index is 2.02. The van der Waals surface area contributed by atoms with Crippen molar-refractivity contribution in [2.75, 3.05) is 7.05 Å². The van der Waals surface area contributed by atoms with E-state index in [1.54, 1.807) is 18.4 Å². The number of guanidine groups is 1. The summed E-state index contributed by atoms with van der Waals surface area (Å²) in [5.41, 5.74) is 9.20. The fourth-order valence-corrected chi connectivity index (χ4v) is 4.25. The van der Waals surface area contributed by atoms with Gasteiger partial charge in [-0.3, -0.25) is 9.69 Å². The van der Waals surface area contributed by atoms with Crippen LogP contribution in [-0.4, -0.2) is 23.8 Å². The van der Waals surface area contributed by atoms with Crippen LogP contribution in [0.1, 0.15) is 35.2 Å². The highest BCUT2D eigenvalue weighted by Crippen LogP contribution is 2.39. The van der Waals surface area contributed by atoms with Gasteiger partial charge in [-0.15, -0.1) is 17.3 Å². The first kappa shape index (κ1) is 17.2. The normalized spacial score (nSPS) is 20.1. The topological polar surface area (TPSA) is 58.7 Å². The van der Waals surface area contributed by atoms with Gasteiger partial charge in [0.15, 0.2) is 5.96 Å². The van der Waals surface area contributed by atoms with Gasteiger partial charge in [-0.05, 0) is 43.2 Å². The van der Waals surface area contributed by atoms with Gasteiger partial charge in [0, 0.05) is 22.4 Å². The summed E-state index contributed by atoms with van der Waals surface area (Å²) in [6.45, 7) is 5.84. The summed E-state index contributed by atoms with van der Waals surface area (Å²) in [5, 5.41) is 0. The van der Waals surface area contributed by atoms with Crippen LogP contribution in [0.3, 0.4) is 0 Å². The molecule has 0 radical (unpaired) electrons. The lowest BCUT2D eigenvalue weighted by Gasteiger charge is -2.30. The second kappa shape index (κ2) is 6.73. The zero-order valence-corrected chi connectivity index (χ0v) is 15.6. The van der Waals surface area contributed by atoms with E-state index >= 15 is 0 Å². The molecule has 3 rings (SSSR count). The van der Waals surface area contributed by atoms with Crippen LogP contribution in [-0.2, 0) is 4.79 Å². The monoisotopic (exact) mass is 351 g/mol. The van der Waals surface area contributed by atoms with Crippen molar-refractivity contribution in [3.05, 3.63) is 45.6 Å². The molecule has 1 aliphatic heterocycles. The number of carbonyl (C=O) groups is 1. The average molecular weight is 351 g/mol. The molecule has 5 heteroatoms. The Hall–Kier alpha value is -2.58. The number of nitrogens with zero attached hydrogens (tertiary/aromatic N) is 2. The zero-order valence-electron chi connectivity index (χ0n) is 14.8. The number of aryl methyl sites for hydroxylation is 1. The van der Waals surface area contributed by atoms with Crippen LogP contribution in [0.2, 0.25) is 0 Å². The van der Waals surface area contributed by atoms with Gasteiger partial charge >= 0.3 is 0 Å². The summed E-state index contributed by atoms with van der Waals surface area (Å²) in [4.78, 5) is 20.6. The van der Waals surface area contributed by atoms with Gasteiger partial charge in [0.05, 0.1) is 12.0 Å². The molecule has 2 aromatic rings. The van der Waals surface area contributed by atoms with E-state index in [1.807, 2.05) is 26.0 Å². The van der Waals surface area contributed by atoms with Crippen molar-refractivity contribution in [3.8, 4) is 23.0 Å². The fourth-order valence-electron chi connectivity index (χ4n) is 3.05. The molecule has 0 saturated carbocycles. The quantitative estimate of drug-likeness (QED) is 0.841. The van der Waals surface area contributed by atoms with Crippen molar-refractivity contribution in [2.45, 2.75) is 26.8 Å². The molecule has 0 aliphatic carbocycles. The van der Waals surface area contributed by atoms with Crippen LogP contribution in [0.15, 0.2) is 35.3 Å². The van der Waals surface area contributed by atoms with E-state index in [1.165, 1.54) is 9.78 Å². The molecule has 0 saturated heterocycles. The van der Waals surface area contributed by atoms with Crippen LogP contribution in [0.25, 0.3) is 11.1 Å². The largest absolute Gasteiger partial charge is 0.369 e. The van der Waals surface area contributed by atoms with Crippen LogP contribution >= 0.6 is 11.3 Å². The molecule has 1 aliphatic rings. The number of hydrogen-bond donors (Lipinski definition) is 1. The first-order valence-electron chi connectivity index (χ1n) is 8.16. The van der Waals surface area contributed by atoms with Gasteiger partial charge in [0.1, 0.15) is 0 Å². The first-order valence-corrected chi connectivity index (χ1v) is 8.98. The van der Waals surface area contributed by atoms with Crippen molar-refractivity contribution in [2.24, 2.45) is 16.6 Å². The maximum absolute atomic E-state index is 12.4. The van der Waals surface area contributed by atoms with E-state index in [-0.39, 0.29) is 23.8 Å². The SMILES string of the molecule is CC#Cc1cccc(-c2cc([C@H]3N=C(N)N(C)C(=O)[C@@H]3C)sc2C)c1. The van der Waals surface area contributed by atoms with Gasteiger partial charge in [0.25, 0.3) is 0 Å². The summed E-state index contributed by atoms with van der Waals surface area (Å²) in [6.07, 6.45) is 0.